The van der Waals surface area contributed by atoms with Gasteiger partial charge in [-0.05, 0) is 12.8 Å². The number of carbonyl (C=O) groups excluding carboxylic acids is 2. The van der Waals surface area contributed by atoms with E-state index in [1.54, 1.807) is 5.32 Å². The Balaban J connectivity index is 2.10. The molecule has 0 radical (unpaired) electrons. The smallest absolute Gasteiger partial charge is 0.394 e. The number of nitrogens with one attached hydrogen (secondary N) is 2. The number of halogens is 3. The highest BCUT2D eigenvalue weighted by molar-refractivity contribution is 5.81. The van der Waals surface area contributed by atoms with E-state index >= 15 is 0 Å². The van der Waals surface area contributed by atoms with Crippen LogP contribution in [0.2, 0.25) is 0 Å². The normalized spacial score (nSPS) is 25.0. The lowest BCUT2D eigenvalue weighted by molar-refractivity contribution is -0.173. The molecule has 1 heterocycles. The van der Waals surface area contributed by atoms with Gasteiger partial charge in [-0.1, -0.05) is 0 Å². The second-order valence-corrected chi connectivity index (χ2v) is 4.90. The zero-order valence-corrected chi connectivity index (χ0v) is 11.7. The average molecular weight is 328 g/mol. The van der Waals surface area contributed by atoms with Crippen LogP contribution in [0.1, 0.15) is 19.3 Å². The topological polar surface area (TPSA) is 108 Å². The lowest BCUT2D eigenvalue weighted by Gasteiger charge is -2.12. The molecule has 1 aliphatic rings. The molecular formula is C12H19F3N2O5. The molecule has 0 aromatic carbocycles. The number of carbonyl (C=O) groups is 2. The van der Waals surface area contributed by atoms with Crippen LogP contribution in [-0.2, 0) is 14.3 Å². The summed E-state index contributed by atoms with van der Waals surface area (Å²) in [6, 6.07) is 0. The number of rotatable bonds is 7. The molecule has 0 aliphatic carbocycles. The van der Waals surface area contributed by atoms with Gasteiger partial charge in [-0.3, -0.25) is 9.59 Å². The van der Waals surface area contributed by atoms with Gasteiger partial charge in [0.15, 0.2) is 0 Å². The van der Waals surface area contributed by atoms with Crippen LogP contribution in [0.3, 0.4) is 0 Å². The van der Waals surface area contributed by atoms with Crippen LogP contribution in [0.5, 0.6) is 0 Å². The molecule has 7 nitrogen and oxygen atoms in total. The van der Waals surface area contributed by atoms with Crippen LogP contribution in [-0.4, -0.2) is 66.2 Å². The molecule has 1 rings (SSSR count). The van der Waals surface area contributed by atoms with Gasteiger partial charge in [-0.15, -0.1) is 0 Å². The Morgan fingerprint density at radius 1 is 1.18 bits per heavy atom. The molecule has 1 aliphatic heterocycles. The van der Waals surface area contributed by atoms with Crippen molar-refractivity contribution in [2.24, 2.45) is 0 Å². The first-order valence-corrected chi connectivity index (χ1v) is 6.82. The Kier molecular flexibility index (Phi) is 7.04. The van der Waals surface area contributed by atoms with Crippen LogP contribution in [0.15, 0.2) is 0 Å². The van der Waals surface area contributed by atoms with Gasteiger partial charge in [0.05, 0.1) is 12.7 Å². The third-order valence-corrected chi connectivity index (χ3v) is 3.14. The van der Waals surface area contributed by atoms with Crippen LogP contribution in [0.4, 0.5) is 13.2 Å². The third-order valence-electron chi connectivity index (χ3n) is 3.14. The largest absolute Gasteiger partial charge is 0.471 e. The van der Waals surface area contributed by atoms with E-state index in [2.05, 4.69) is 5.32 Å². The van der Waals surface area contributed by atoms with Gasteiger partial charge in [0.1, 0.15) is 12.2 Å². The van der Waals surface area contributed by atoms with E-state index in [9.17, 15) is 27.9 Å². The molecule has 1 saturated heterocycles. The minimum absolute atomic E-state index is 0.0820. The molecule has 3 atom stereocenters. The number of aliphatic hydroxyl groups is 2. The summed E-state index contributed by atoms with van der Waals surface area (Å²) in [7, 11) is 0. The number of amides is 2. The van der Waals surface area contributed by atoms with Gasteiger partial charge < -0.3 is 25.6 Å². The van der Waals surface area contributed by atoms with Gasteiger partial charge in [-0.2, -0.15) is 13.2 Å². The number of hydrogen-bond acceptors (Lipinski definition) is 5. The minimum Gasteiger partial charge on any atom is -0.394 e. The van der Waals surface area contributed by atoms with Crippen molar-refractivity contribution in [2.45, 2.75) is 43.8 Å². The van der Waals surface area contributed by atoms with E-state index in [1.807, 2.05) is 0 Å². The predicted octanol–water partition coefficient (Wildman–Crippen LogP) is -0.928. The first kappa shape index (κ1) is 18.7. The fraction of sp³-hybridized carbons (Fsp3) is 0.833. The maximum Gasteiger partial charge on any atom is 0.471 e. The highest BCUT2D eigenvalue weighted by atomic mass is 19.4. The Bertz CT molecular complexity index is 391. The van der Waals surface area contributed by atoms with E-state index in [1.165, 1.54) is 0 Å². The van der Waals surface area contributed by atoms with Gasteiger partial charge in [-0.25, -0.2) is 0 Å². The van der Waals surface area contributed by atoms with E-state index in [4.69, 9.17) is 9.84 Å². The van der Waals surface area contributed by atoms with Crippen molar-refractivity contribution in [3.05, 3.63) is 0 Å². The number of hydrogen-bond donors (Lipinski definition) is 4. The van der Waals surface area contributed by atoms with E-state index in [-0.39, 0.29) is 32.5 Å². The number of ether oxygens (including phenoxy) is 1. The molecule has 22 heavy (non-hydrogen) atoms. The molecule has 0 spiro atoms. The summed E-state index contributed by atoms with van der Waals surface area (Å²) >= 11 is 0. The molecule has 0 saturated carbocycles. The highest BCUT2D eigenvalue weighted by Gasteiger charge is 2.38. The average Bonchev–Trinajstić information content (AvgIpc) is 2.82. The van der Waals surface area contributed by atoms with E-state index in [0.717, 1.165) is 0 Å². The lowest BCUT2D eigenvalue weighted by Crippen LogP contribution is -2.38. The third kappa shape index (κ3) is 5.78. The van der Waals surface area contributed by atoms with Gasteiger partial charge >= 0.3 is 12.1 Å². The maximum absolute atomic E-state index is 11.9. The SMILES string of the molecule is O=C(NCCCCNC(=O)C(F)(F)F)C1CC(O)C(CO)O1. The number of unbranched alkanes of at least 4 members (excludes halogenated alkanes) is 1. The summed E-state index contributed by atoms with van der Waals surface area (Å²) < 4.78 is 40.8. The van der Waals surface area contributed by atoms with Gasteiger partial charge in [0, 0.05) is 19.5 Å². The van der Waals surface area contributed by atoms with Crippen molar-refractivity contribution in [1.82, 2.24) is 10.6 Å². The first-order chi connectivity index (χ1) is 10.3. The van der Waals surface area contributed by atoms with Crippen molar-refractivity contribution in [3.8, 4) is 0 Å². The molecule has 3 unspecified atom stereocenters. The van der Waals surface area contributed by atoms with Crippen molar-refractivity contribution in [2.75, 3.05) is 19.7 Å². The fourth-order valence-corrected chi connectivity index (χ4v) is 1.94. The van der Waals surface area contributed by atoms with Gasteiger partial charge in [0.2, 0.25) is 5.91 Å². The van der Waals surface area contributed by atoms with Gasteiger partial charge in [0.25, 0.3) is 0 Å². The highest BCUT2D eigenvalue weighted by Crippen LogP contribution is 2.20. The zero-order chi connectivity index (χ0) is 16.8. The summed E-state index contributed by atoms with van der Waals surface area (Å²) in [5.41, 5.74) is 0. The van der Waals surface area contributed by atoms with Crippen LogP contribution < -0.4 is 10.6 Å². The quantitative estimate of drug-likeness (QED) is 0.452. The molecule has 1 fully saturated rings. The fourth-order valence-electron chi connectivity index (χ4n) is 1.94. The minimum atomic E-state index is -4.89. The Morgan fingerprint density at radius 2 is 1.77 bits per heavy atom. The Hall–Kier alpha value is -1.39. The van der Waals surface area contributed by atoms with Crippen molar-refractivity contribution in [3.63, 3.8) is 0 Å². The monoisotopic (exact) mass is 328 g/mol. The van der Waals surface area contributed by atoms with Crippen molar-refractivity contribution < 1.29 is 37.7 Å². The molecule has 2 amide bonds. The Labute approximate surface area is 124 Å². The molecule has 128 valence electrons. The zero-order valence-electron chi connectivity index (χ0n) is 11.7. The summed E-state index contributed by atoms with van der Waals surface area (Å²) in [6.45, 7) is -0.316. The van der Waals surface area contributed by atoms with Crippen LogP contribution >= 0.6 is 0 Å². The molecule has 10 heteroatoms. The second-order valence-electron chi connectivity index (χ2n) is 4.90. The summed E-state index contributed by atoms with van der Waals surface area (Å²) in [5.74, 6) is -2.44. The lowest BCUT2D eigenvalue weighted by atomic mass is 10.1. The van der Waals surface area contributed by atoms with Crippen molar-refractivity contribution in [1.29, 1.82) is 0 Å². The van der Waals surface area contributed by atoms with E-state index in [0.29, 0.717) is 6.42 Å². The molecule has 0 aromatic rings. The summed E-state index contributed by atoms with van der Waals surface area (Å²) in [5, 5.41) is 22.6. The summed E-state index contributed by atoms with van der Waals surface area (Å²) in [4.78, 5) is 22.2. The number of aliphatic hydroxyl groups excluding tert-OH is 2. The second kappa shape index (κ2) is 8.30. The standard InChI is InChI=1S/C12H19F3N2O5/c13-12(14,15)11(21)17-4-2-1-3-16-10(20)8-5-7(19)9(6-18)22-8/h7-9,18-19H,1-6H2,(H,16,20)(H,17,21). The van der Waals surface area contributed by atoms with Crippen LogP contribution in [0, 0.1) is 0 Å². The molecule has 0 aromatic heterocycles. The van der Waals surface area contributed by atoms with E-state index < -0.39 is 36.3 Å². The molecular weight excluding hydrogens is 309 g/mol. The summed E-state index contributed by atoms with van der Waals surface area (Å²) in [6.07, 6.45) is -6.70. The Morgan fingerprint density at radius 3 is 2.27 bits per heavy atom. The number of alkyl halides is 3. The van der Waals surface area contributed by atoms with Crippen molar-refractivity contribution >= 4 is 11.8 Å². The molecule has 0 bridgehead atoms. The first-order valence-electron chi connectivity index (χ1n) is 6.82. The predicted molar refractivity (Wildman–Crippen MR) is 67.7 cm³/mol. The maximum atomic E-state index is 11.9. The molecule has 4 N–H and O–H groups in total. The van der Waals surface area contributed by atoms with Crippen LogP contribution in [0.25, 0.3) is 0 Å².